The summed E-state index contributed by atoms with van der Waals surface area (Å²) in [6.07, 6.45) is 0. The first-order chi connectivity index (χ1) is 9.46. The van der Waals surface area contributed by atoms with Crippen molar-refractivity contribution in [1.29, 1.82) is 0 Å². The lowest BCUT2D eigenvalue weighted by molar-refractivity contribution is -0.403. The molecule has 0 amide bonds. The quantitative estimate of drug-likeness (QED) is 0.460. The van der Waals surface area contributed by atoms with Crippen LogP contribution in [0.2, 0.25) is 0 Å². The number of benzene rings is 1. The Labute approximate surface area is 114 Å². The number of nitro groups is 3. The zero-order valence-corrected chi connectivity index (χ0v) is 10.3. The molecule has 21 heavy (non-hydrogen) atoms. The van der Waals surface area contributed by atoms with E-state index in [1.54, 1.807) is 0 Å². The zero-order chi connectivity index (χ0) is 16.5. The number of rotatable bonds is 4. The minimum Gasteiger partial charge on any atom is -0.279 e. The summed E-state index contributed by atoms with van der Waals surface area (Å²) in [5, 5.41) is 29.7. The third-order valence-corrected chi connectivity index (χ3v) is 2.80. The predicted octanol–water partition coefficient (Wildman–Crippen LogP) is 0.439. The highest BCUT2D eigenvalue weighted by Gasteiger charge is 2.39. The van der Waals surface area contributed by atoms with Crippen molar-refractivity contribution >= 4 is 32.3 Å². The van der Waals surface area contributed by atoms with E-state index in [0.29, 0.717) is 0 Å². The number of carbonyl (C=O) groups is 1. The van der Waals surface area contributed by atoms with Crippen molar-refractivity contribution in [3.63, 3.8) is 0 Å². The van der Waals surface area contributed by atoms with Gasteiger partial charge in [0.1, 0.15) is 0 Å². The van der Waals surface area contributed by atoms with Crippen LogP contribution in [-0.2, 0) is 10.1 Å². The van der Waals surface area contributed by atoms with Crippen LogP contribution in [0.15, 0.2) is 12.1 Å². The van der Waals surface area contributed by atoms with Crippen molar-refractivity contribution in [3.8, 4) is 0 Å². The topological polar surface area (TPSA) is 201 Å². The minimum atomic E-state index is -5.52. The molecular formula is C7H3N3O10S. The van der Waals surface area contributed by atoms with Crippen molar-refractivity contribution in [2.24, 2.45) is 0 Å². The van der Waals surface area contributed by atoms with E-state index in [0.717, 1.165) is 0 Å². The number of nitro benzene ring substituents is 3. The Kier molecular flexibility index (Phi) is 3.96. The van der Waals surface area contributed by atoms with Gasteiger partial charge in [-0.2, -0.15) is 8.42 Å². The first-order valence-corrected chi connectivity index (χ1v) is 6.04. The van der Waals surface area contributed by atoms with Gasteiger partial charge in [-0.25, -0.2) is 0 Å². The van der Waals surface area contributed by atoms with Gasteiger partial charge in [0.05, 0.1) is 26.9 Å². The van der Waals surface area contributed by atoms with Crippen molar-refractivity contribution < 1.29 is 32.5 Å². The van der Waals surface area contributed by atoms with Crippen LogP contribution in [0.3, 0.4) is 0 Å². The molecule has 1 aromatic rings. The molecule has 0 bridgehead atoms. The molecule has 0 fully saturated rings. The molecule has 0 radical (unpaired) electrons. The van der Waals surface area contributed by atoms with E-state index >= 15 is 0 Å². The van der Waals surface area contributed by atoms with Gasteiger partial charge < -0.3 is 0 Å². The average molecular weight is 321 g/mol. The highest BCUT2D eigenvalue weighted by molar-refractivity contribution is 8.01. The number of non-ortho nitro benzene ring substituents is 1. The molecule has 112 valence electrons. The minimum absolute atomic E-state index is 0.172. The number of nitrogens with zero attached hydrogens (tertiary/aromatic N) is 3. The molecule has 13 nitrogen and oxygen atoms in total. The van der Waals surface area contributed by atoms with Crippen LogP contribution in [0.1, 0.15) is 10.4 Å². The number of hydrogen-bond acceptors (Lipinski definition) is 9. The molecule has 1 rings (SSSR count). The maximum absolute atomic E-state index is 11.4. The highest BCUT2D eigenvalue weighted by atomic mass is 32.2. The van der Waals surface area contributed by atoms with Gasteiger partial charge in [-0.05, 0) is 0 Å². The summed E-state index contributed by atoms with van der Waals surface area (Å²) >= 11 is 0. The summed E-state index contributed by atoms with van der Waals surface area (Å²) in [5.74, 6) is 0. The molecule has 1 N–H and O–H groups in total. The SMILES string of the molecule is O=C(c1c([N+](=O)[O-])cc([N+](=O)[O-])cc1[N+](=O)[O-])S(=O)(=O)O. The monoisotopic (exact) mass is 321 g/mol. The van der Waals surface area contributed by atoms with E-state index in [4.69, 9.17) is 4.55 Å². The van der Waals surface area contributed by atoms with Crippen LogP contribution in [0.4, 0.5) is 17.1 Å². The number of carbonyl (C=O) groups excluding carboxylic acids is 1. The summed E-state index contributed by atoms with van der Waals surface area (Å²) in [7, 11) is -5.52. The number of hydrogen-bond donors (Lipinski definition) is 1. The van der Waals surface area contributed by atoms with Crippen LogP contribution < -0.4 is 0 Å². The van der Waals surface area contributed by atoms with Crippen LogP contribution in [0.5, 0.6) is 0 Å². The molecule has 14 heteroatoms. The van der Waals surface area contributed by atoms with Crippen molar-refractivity contribution in [1.82, 2.24) is 0 Å². The molecule has 1 aromatic carbocycles. The first kappa shape index (κ1) is 16.1. The summed E-state index contributed by atoms with van der Waals surface area (Å²) in [5.41, 5.74) is -5.64. The van der Waals surface area contributed by atoms with E-state index in [1.165, 1.54) is 0 Å². The van der Waals surface area contributed by atoms with Gasteiger partial charge in [-0.1, -0.05) is 0 Å². The van der Waals surface area contributed by atoms with Gasteiger partial charge in [0.25, 0.3) is 17.1 Å². The van der Waals surface area contributed by atoms with Crippen molar-refractivity contribution in [2.75, 3.05) is 0 Å². The molecule has 0 saturated heterocycles. The average Bonchev–Trinajstić information content (AvgIpc) is 2.34. The van der Waals surface area contributed by atoms with Crippen LogP contribution in [0, 0.1) is 30.3 Å². The van der Waals surface area contributed by atoms with Crippen LogP contribution >= 0.6 is 0 Å². The maximum Gasteiger partial charge on any atom is 0.334 e. The molecule has 0 heterocycles. The summed E-state index contributed by atoms with van der Waals surface area (Å²) in [6, 6.07) is 0.344. The fourth-order valence-electron chi connectivity index (χ4n) is 1.33. The third kappa shape index (κ3) is 3.12. The summed E-state index contributed by atoms with van der Waals surface area (Å²) in [4.78, 5) is 39.3. The zero-order valence-electron chi connectivity index (χ0n) is 9.53. The fraction of sp³-hybridized carbons (Fsp3) is 0. The fourth-order valence-corrected chi connectivity index (χ4v) is 1.80. The lowest BCUT2D eigenvalue weighted by Gasteiger charge is -2.02. The molecule has 0 atom stereocenters. The van der Waals surface area contributed by atoms with Gasteiger partial charge in [-0.15, -0.1) is 0 Å². The molecule has 0 aromatic heterocycles. The Hall–Kier alpha value is -3.00. The van der Waals surface area contributed by atoms with E-state index < -0.39 is 52.6 Å². The van der Waals surface area contributed by atoms with E-state index in [2.05, 4.69) is 0 Å². The summed E-state index contributed by atoms with van der Waals surface area (Å²) < 4.78 is 30.0. The van der Waals surface area contributed by atoms with E-state index in [9.17, 15) is 43.6 Å². The Bertz CT molecular complexity index is 747. The van der Waals surface area contributed by atoms with E-state index in [1.807, 2.05) is 0 Å². The summed E-state index contributed by atoms with van der Waals surface area (Å²) in [6.45, 7) is 0. The lowest BCUT2D eigenvalue weighted by Crippen LogP contribution is -2.17. The maximum atomic E-state index is 11.4. The first-order valence-electron chi connectivity index (χ1n) is 4.60. The second kappa shape index (κ2) is 5.17. The molecule has 0 saturated carbocycles. The van der Waals surface area contributed by atoms with Gasteiger partial charge in [0.15, 0.2) is 5.56 Å². The van der Waals surface area contributed by atoms with Gasteiger partial charge in [-0.3, -0.25) is 39.7 Å². The lowest BCUT2D eigenvalue weighted by atomic mass is 10.1. The van der Waals surface area contributed by atoms with Crippen LogP contribution in [0.25, 0.3) is 0 Å². The second-order valence-corrected chi connectivity index (χ2v) is 4.71. The normalized spacial score (nSPS) is 10.9. The Morgan fingerprint density at radius 2 is 1.33 bits per heavy atom. The van der Waals surface area contributed by atoms with Crippen molar-refractivity contribution in [2.45, 2.75) is 0 Å². The van der Waals surface area contributed by atoms with Gasteiger partial charge >= 0.3 is 15.2 Å². The molecule has 0 spiro atoms. The Morgan fingerprint density at radius 3 is 1.57 bits per heavy atom. The van der Waals surface area contributed by atoms with Gasteiger partial charge in [0, 0.05) is 0 Å². The van der Waals surface area contributed by atoms with Gasteiger partial charge in [0.2, 0.25) is 0 Å². The Morgan fingerprint density at radius 1 is 0.952 bits per heavy atom. The van der Waals surface area contributed by atoms with Crippen LogP contribution in [-0.4, -0.2) is 32.9 Å². The molecule has 0 aliphatic heterocycles. The molecular weight excluding hydrogens is 318 g/mol. The standard InChI is InChI=1S/C7H3N3O10S/c11-7(21(18,19)20)6-4(9(14)15)1-3(8(12)13)2-5(6)10(16)17/h1-2H,(H,18,19,20). The largest absolute Gasteiger partial charge is 0.334 e. The molecule has 0 aliphatic carbocycles. The third-order valence-electron chi connectivity index (χ3n) is 2.12. The molecule has 0 aliphatic rings. The van der Waals surface area contributed by atoms with Crippen molar-refractivity contribution in [3.05, 3.63) is 48.0 Å². The smallest absolute Gasteiger partial charge is 0.279 e. The second-order valence-electron chi connectivity index (χ2n) is 3.39. The predicted molar refractivity (Wildman–Crippen MR) is 62.3 cm³/mol. The highest BCUT2D eigenvalue weighted by Crippen LogP contribution is 2.34. The molecule has 0 unspecified atom stereocenters. The van der Waals surface area contributed by atoms with E-state index in [-0.39, 0.29) is 12.1 Å². The Balaban J connectivity index is 3.91.